The Morgan fingerprint density at radius 1 is 1.39 bits per heavy atom. The number of carboxylic acids is 1. The Hall–Kier alpha value is -1.04. The standard InChI is InChI=1S/C12H7BrClNO2S/c13-9-6-7(3-4-8(9)12(16)17)18-11-10(14)2-1-5-15-11/h1-6H,(H,16,17). The number of hydrogen-bond acceptors (Lipinski definition) is 3. The van der Waals surface area contributed by atoms with Gasteiger partial charge in [0.15, 0.2) is 0 Å². The first-order chi connectivity index (χ1) is 8.58. The molecule has 3 nitrogen and oxygen atoms in total. The zero-order valence-corrected chi connectivity index (χ0v) is 12.1. The van der Waals surface area contributed by atoms with Crippen molar-refractivity contribution in [3.63, 3.8) is 0 Å². The van der Waals surface area contributed by atoms with Crippen LogP contribution in [0.4, 0.5) is 0 Å². The molecule has 1 aromatic heterocycles. The first-order valence-corrected chi connectivity index (χ1v) is 6.88. The van der Waals surface area contributed by atoms with Gasteiger partial charge in [-0.25, -0.2) is 9.78 Å². The number of aromatic carboxylic acids is 1. The third-order valence-electron chi connectivity index (χ3n) is 2.11. The number of nitrogens with zero attached hydrogens (tertiary/aromatic N) is 1. The minimum Gasteiger partial charge on any atom is -0.478 e. The lowest BCUT2D eigenvalue weighted by atomic mass is 10.2. The predicted octanol–water partition coefficient (Wildman–Crippen LogP) is 4.35. The first kappa shape index (κ1) is 13.4. The normalized spacial score (nSPS) is 10.3. The average Bonchev–Trinajstić information content (AvgIpc) is 2.32. The number of carbonyl (C=O) groups is 1. The van der Waals surface area contributed by atoms with Crippen LogP contribution in [-0.4, -0.2) is 16.1 Å². The molecule has 92 valence electrons. The van der Waals surface area contributed by atoms with Crippen LogP contribution >= 0.6 is 39.3 Å². The van der Waals surface area contributed by atoms with Gasteiger partial charge in [-0.1, -0.05) is 23.4 Å². The fourth-order valence-corrected chi connectivity index (χ4v) is 3.04. The highest BCUT2D eigenvalue weighted by Crippen LogP contribution is 2.33. The Kier molecular flexibility index (Phi) is 4.27. The van der Waals surface area contributed by atoms with Crippen LogP contribution < -0.4 is 0 Å². The Morgan fingerprint density at radius 3 is 2.78 bits per heavy atom. The van der Waals surface area contributed by atoms with Crippen molar-refractivity contribution in [2.75, 3.05) is 0 Å². The number of pyridine rings is 1. The number of halogens is 2. The van der Waals surface area contributed by atoms with Crippen molar-refractivity contribution < 1.29 is 9.90 Å². The maximum Gasteiger partial charge on any atom is 0.336 e. The summed E-state index contributed by atoms with van der Waals surface area (Å²) in [5.41, 5.74) is 0.228. The van der Waals surface area contributed by atoms with E-state index in [0.717, 1.165) is 4.90 Å². The van der Waals surface area contributed by atoms with E-state index >= 15 is 0 Å². The molecule has 1 aromatic carbocycles. The fourth-order valence-electron chi connectivity index (χ4n) is 1.29. The van der Waals surface area contributed by atoms with Crippen molar-refractivity contribution >= 4 is 45.3 Å². The summed E-state index contributed by atoms with van der Waals surface area (Å²) in [6.07, 6.45) is 1.66. The lowest BCUT2D eigenvalue weighted by Gasteiger charge is -2.05. The van der Waals surface area contributed by atoms with Gasteiger partial charge in [0.05, 0.1) is 10.6 Å². The van der Waals surface area contributed by atoms with Crippen molar-refractivity contribution in [1.82, 2.24) is 4.98 Å². The largest absolute Gasteiger partial charge is 0.478 e. The zero-order chi connectivity index (χ0) is 13.1. The lowest BCUT2D eigenvalue weighted by Crippen LogP contribution is -1.97. The van der Waals surface area contributed by atoms with E-state index in [2.05, 4.69) is 20.9 Å². The third kappa shape index (κ3) is 3.04. The summed E-state index contributed by atoms with van der Waals surface area (Å²) < 4.78 is 0.534. The van der Waals surface area contributed by atoms with Gasteiger partial charge in [0.2, 0.25) is 0 Å². The number of rotatable bonds is 3. The summed E-state index contributed by atoms with van der Waals surface area (Å²) in [6.45, 7) is 0. The smallest absolute Gasteiger partial charge is 0.336 e. The minimum absolute atomic E-state index is 0.228. The second-order valence-electron chi connectivity index (χ2n) is 3.34. The van der Waals surface area contributed by atoms with E-state index in [-0.39, 0.29) is 5.56 Å². The van der Waals surface area contributed by atoms with Crippen LogP contribution in [0, 0.1) is 0 Å². The molecule has 0 saturated carbocycles. The Labute approximate surface area is 121 Å². The summed E-state index contributed by atoms with van der Waals surface area (Å²) in [6, 6.07) is 8.53. The number of benzene rings is 1. The van der Waals surface area contributed by atoms with E-state index in [0.29, 0.717) is 14.5 Å². The monoisotopic (exact) mass is 343 g/mol. The quantitative estimate of drug-likeness (QED) is 0.899. The average molecular weight is 345 g/mol. The molecule has 2 rings (SSSR count). The van der Waals surface area contributed by atoms with Crippen LogP contribution in [0.5, 0.6) is 0 Å². The molecular weight excluding hydrogens is 338 g/mol. The molecular formula is C12H7BrClNO2S. The Balaban J connectivity index is 2.29. The molecule has 18 heavy (non-hydrogen) atoms. The number of carboxylic acid groups (broad SMARTS) is 1. The highest BCUT2D eigenvalue weighted by atomic mass is 79.9. The third-order valence-corrected chi connectivity index (χ3v) is 4.19. The van der Waals surface area contributed by atoms with Gasteiger partial charge in [-0.15, -0.1) is 0 Å². The molecule has 0 spiro atoms. The first-order valence-electron chi connectivity index (χ1n) is 4.89. The summed E-state index contributed by atoms with van der Waals surface area (Å²) in [5, 5.41) is 10.2. The lowest BCUT2D eigenvalue weighted by molar-refractivity contribution is 0.0696. The van der Waals surface area contributed by atoms with E-state index in [1.807, 2.05) is 0 Å². The van der Waals surface area contributed by atoms with Crippen molar-refractivity contribution in [1.29, 1.82) is 0 Å². The molecule has 0 aliphatic heterocycles. The van der Waals surface area contributed by atoms with E-state index in [9.17, 15) is 4.79 Å². The molecule has 0 unspecified atom stereocenters. The summed E-state index contributed by atoms with van der Waals surface area (Å²) in [5.74, 6) is -0.964. The van der Waals surface area contributed by atoms with Crippen molar-refractivity contribution in [2.45, 2.75) is 9.92 Å². The van der Waals surface area contributed by atoms with Crippen LogP contribution in [0.2, 0.25) is 5.02 Å². The van der Waals surface area contributed by atoms with E-state index in [1.54, 1.807) is 36.5 Å². The summed E-state index contributed by atoms with van der Waals surface area (Å²) in [4.78, 5) is 15.9. The van der Waals surface area contributed by atoms with Crippen molar-refractivity contribution in [2.24, 2.45) is 0 Å². The molecule has 0 amide bonds. The molecule has 6 heteroatoms. The summed E-state index contributed by atoms with van der Waals surface area (Å²) in [7, 11) is 0. The molecule has 0 aliphatic carbocycles. The van der Waals surface area contributed by atoms with Crippen LogP contribution in [0.3, 0.4) is 0 Å². The molecule has 0 saturated heterocycles. The van der Waals surface area contributed by atoms with Crippen LogP contribution in [0.15, 0.2) is 50.9 Å². The Bertz CT molecular complexity index is 606. The molecule has 0 bridgehead atoms. The van der Waals surface area contributed by atoms with E-state index < -0.39 is 5.97 Å². The maximum absolute atomic E-state index is 10.9. The molecule has 0 atom stereocenters. The number of aromatic nitrogens is 1. The zero-order valence-electron chi connectivity index (χ0n) is 8.93. The van der Waals surface area contributed by atoms with Gasteiger partial charge in [-0.05, 0) is 46.3 Å². The summed E-state index contributed by atoms with van der Waals surface area (Å²) >= 11 is 10.6. The van der Waals surface area contributed by atoms with Gasteiger partial charge in [0.25, 0.3) is 0 Å². The number of hydrogen-bond donors (Lipinski definition) is 1. The highest BCUT2D eigenvalue weighted by Gasteiger charge is 2.10. The van der Waals surface area contributed by atoms with Gasteiger partial charge in [-0.2, -0.15) is 0 Å². The van der Waals surface area contributed by atoms with E-state index in [4.69, 9.17) is 16.7 Å². The predicted molar refractivity (Wildman–Crippen MR) is 74.5 cm³/mol. The molecule has 0 aliphatic rings. The minimum atomic E-state index is -0.964. The Morgan fingerprint density at radius 2 is 2.17 bits per heavy atom. The molecule has 0 radical (unpaired) electrons. The van der Waals surface area contributed by atoms with Crippen LogP contribution in [0.25, 0.3) is 0 Å². The topological polar surface area (TPSA) is 50.2 Å². The second kappa shape index (κ2) is 5.73. The molecule has 1 N–H and O–H groups in total. The molecule has 0 fully saturated rings. The van der Waals surface area contributed by atoms with Gasteiger partial charge < -0.3 is 5.11 Å². The van der Waals surface area contributed by atoms with Crippen LogP contribution in [-0.2, 0) is 0 Å². The van der Waals surface area contributed by atoms with Gasteiger partial charge >= 0.3 is 5.97 Å². The van der Waals surface area contributed by atoms with Gasteiger partial charge in [0, 0.05) is 15.6 Å². The molecule has 2 aromatic rings. The SMILES string of the molecule is O=C(O)c1ccc(Sc2ncccc2Cl)cc1Br. The second-order valence-corrected chi connectivity index (χ2v) is 5.66. The van der Waals surface area contributed by atoms with Crippen LogP contribution in [0.1, 0.15) is 10.4 Å². The fraction of sp³-hybridized carbons (Fsp3) is 0. The van der Waals surface area contributed by atoms with Gasteiger partial charge in [-0.3, -0.25) is 0 Å². The molecule has 1 heterocycles. The van der Waals surface area contributed by atoms with Crippen molar-refractivity contribution in [3.05, 3.63) is 51.6 Å². The van der Waals surface area contributed by atoms with Gasteiger partial charge in [0.1, 0.15) is 5.03 Å². The maximum atomic E-state index is 10.9. The van der Waals surface area contributed by atoms with Crippen molar-refractivity contribution in [3.8, 4) is 0 Å². The highest BCUT2D eigenvalue weighted by molar-refractivity contribution is 9.10. The van der Waals surface area contributed by atoms with E-state index in [1.165, 1.54) is 11.8 Å².